The molecule has 0 aliphatic carbocycles. The third kappa shape index (κ3) is 4.58. The third-order valence-electron chi connectivity index (χ3n) is 6.93. The Bertz CT molecular complexity index is 1340. The fourth-order valence-corrected chi connectivity index (χ4v) is 4.86. The van der Waals surface area contributed by atoms with Gasteiger partial charge in [-0.15, -0.1) is 0 Å². The molecule has 0 spiro atoms. The molecular weight excluding hydrogens is 473 g/mol. The van der Waals surface area contributed by atoms with E-state index in [1.54, 1.807) is 12.3 Å². The molecule has 0 radical (unpaired) electrons. The van der Waals surface area contributed by atoms with Gasteiger partial charge in [-0.2, -0.15) is 18.3 Å². The summed E-state index contributed by atoms with van der Waals surface area (Å²) >= 11 is 0. The minimum atomic E-state index is -4.60. The molecule has 188 valence electrons. The minimum Gasteiger partial charge on any atom is -0.376 e. The van der Waals surface area contributed by atoms with Crippen molar-refractivity contribution >= 4 is 11.0 Å². The van der Waals surface area contributed by atoms with Crippen molar-refractivity contribution < 1.29 is 17.9 Å². The van der Waals surface area contributed by atoms with E-state index in [9.17, 15) is 13.2 Å². The van der Waals surface area contributed by atoms with Crippen LogP contribution in [0.3, 0.4) is 0 Å². The van der Waals surface area contributed by atoms with E-state index in [0.29, 0.717) is 24.5 Å². The van der Waals surface area contributed by atoms with Crippen LogP contribution < -0.4 is 0 Å². The molecule has 12 heteroatoms. The quantitative estimate of drug-likeness (QED) is 0.432. The van der Waals surface area contributed by atoms with Gasteiger partial charge in [-0.1, -0.05) is 6.07 Å². The number of fused-ring (bicyclic) bond motifs is 1. The van der Waals surface area contributed by atoms with Gasteiger partial charge in [-0.3, -0.25) is 20.0 Å². The van der Waals surface area contributed by atoms with Crippen molar-refractivity contribution in [2.45, 2.75) is 50.6 Å². The monoisotopic (exact) mass is 498 g/mol. The highest BCUT2D eigenvalue weighted by Crippen LogP contribution is 2.30. The Morgan fingerprint density at radius 2 is 1.92 bits per heavy atom. The van der Waals surface area contributed by atoms with Gasteiger partial charge in [0.25, 0.3) is 0 Å². The van der Waals surface area contributed by atoms with Crippen molar-refractivity contribution in [2.75, 3.05) is 19.7 Å². The first-order valence-corrected chi connectivity index (χ1v) is 12.0. The van der Waals surface area contributed by atoms with Crippen molar-refractivity contribution in [2.24, 2.45) is 0 Å². The number of hydrogen-bond acceptors (Lipinski definition) is 7. The number of likely N-dealkylation sites (tertiary alicyclic amines) is 1. The van der Waals surface area contributed by atoms with Crippen LogP contribution >= 0.6 is 0 Å². The Labute approximate surface area is 204 Å². The summed E-state index contributed by atoms with van der Waals surface area (Å²) < 4.78 is 46.6. The smallest absolute Gasteiger partial charge is 0.376 e. The number of hydrogen-bond donors (Lipinski definition) is 1. The molecule has 1 atom stereocenters. The topological polar surface area (TPSA) is 97.6 Å². The standard InChI is InChI=1S/C24H25F3N8O/c25-24(26,27)23-31-22(32-33-23)19-11-18-20(12-29-19)35(13-16-6-10-36-16)21(30-18)14-34-8-4-15(5-9-34)17-3-1-2-7-28-17/h1-3,7,11-12,15-16H,4-6,8-10,13-14H2,(H,31,32,33)/t16-/m0/s1. The van der Waals surface area contributed by atoms with E-state index < -0.39 is 12.0 Å². The molecule has 2 aliphatic rings. The number of rotatable bonds is 6. The van der Waals surface area contributed by atoms with Crippen LogP contribution in [0.4, 0.5) is 13.2 Å². The van der Waals surface area contributed by atoms with Gasteiger partial charge in [0.15, 0.2) is 5.82 Å². The lowest BCUT2D eigenvalue weighted by atomic mass is 9.93. The van der Waals surface area contributed by atoms with Crippen molar-refractivity contribution in [3.05, 3.63) is 54.0 Å². The molecule has 6 rings (SSSR count). The van der Waals surface area contributed by atoms with Gasteiger partial charge in [0, 0.05) is 24.4 Å². The summed E-state index contributed by atoms with van der Waals surface area (Å²) in [7, 11) is 0. The summed E-state index contributed by atoms with van der Waals surface area (Å²) in [5.41, 5.74) is 2.85. The fraction of sp³-hybridized carbons (Fsp3) is 0.458. The van der Waals surface area contributed by atoms with Gasteiger partial charge in [-0.05, 0) is 50.6 Å². The number of piperidine rings is 1. The van der Waals surface area contributed by atoms with Crippen molar-refractivity contribution in [3.63, 3.8) is 0 Å². The number of nitrogens with zero attached hydrogens (tertiary/aromatic N) is 7. The number of H-pyrrole nitrogens is 1. The van der Waals surface area contributed by atoms with Crippen LogP contribution in [0.2, 0.25) is 0 Å². The highest BCUT2D eigenvalue weighted by molar-refractivity contribution is 5.78. The Morgan fingerprint density at radius 1 is 1.08 bits per heavy atom. The first kappa shape index (κ1) is 23.0. The van der Waals surface area contributed by atoms with Gasteiger partial charge in [0.1, 0.15) is 11.5 Å². The Kier molecular flexibility index (Phi) is 5.92. The van der Waals surface area contributed by atoms with E-state index in [-0.39, 0.29) is 17.6 Å². The molecule has 2 fully saturated rings. The molecule has 36 heavy (non-hydrogen) atoms. The zero-order chi connectivity index (χ0) is 24.7. The summed E-state index contributed by atoms with van der Waals surface area (Å²) in [6, 6.07) is 7.71. The largest absolute Gasteiger partial charge is 0.451 e. The highest BCUT2D eigenvalue weighted by atomic mass is 19.4. The number of aromatic amines is 1. The normalized spacial score (nSPS) is 19.6. The molecule has 0 saturated carbocycles. The number of ether oxygens (including phenoxy) is 1. The Balaban J connectivity index is 1.24. The second-order valence-corrected chi connectivity index (χ2v) is 9.29. The van der Waals surface area contributed by atoms with Crippen LogP contribution in [-0.4, -0.2) is 65.4 Å². The van der Waals surface area contributed by atoms with Crippen molar-refractivity contribution in [1.82, 2.24) is 39.6 Å². The van der Waals surface area contributed by atoms with Crippen LogP contribution in [0, 0.1) is 0 Å². The summed E-state index contributed by atoms with van der Waals surface area (Å²) in [5.74, 6) is 0.0853. The van der Waals surface area contributed by atoms with Crippen LogP contribution in [0.25, 0.3) is 22.6 Å². The molecule has 6 heterocycles. The van der Waals surface area contributed by atoms with E-state index in [0.717, 1.165) is 56.0 Å². The number of imidazole rings is 1. The number of aromatic nitrogens is 7. The first-order valence-electron chi connectivity index (χ1n) is 12.0. The molecule has 0 unspecified atom stereocenters. The Hall–Kier alpha value is -3.38. The lowest BCUT2D eigenvalue weighted by molar-refractivity contribution is -0.144. The van der Waals surface area contributed by atoms with Gasteiger partial charge in [0.05, 0.1) is 36.4 Å². The molecule has 9 nitrogen and oxygen atoms in total. The molecule has 0 amide bonds. The summed E-state index contributed by atoms with van der Waals surface area (Å²) in [4.78, 5) is 19.7. The maximum atomic E-state index is 12.9. The van der Waals surface area contributed by atoms with E-state index in [1.807, 2.05) is 23.4 Å². The molecule has 0 aromatic carbocycles. The zero-order valence-corrected chi connectivity index (χ0v) is 19.4. The van der Waals surface area contributed by atoms with Crippen LogP contribution in [0.15, 0.2) is 36.7 Å². The van der Waals surface area contributed by atoms with Crippen molar-refractivity contribution in [1.29, 1.82) is 0 Å². The maximum absolute atomic E-state index is 12.9. The second-order valence-electron chi connectivity index (χ2n) is 9.29. The molecule has 2 saturated heterocycles. The van der Waals surface area contributed by atoms with E-state index >= 15 is 0 Å². The maximum Gasteiger partial charge on any atom is 0.451 e. The number of pyridine rings is 2. The van der Waals surface area contributed by atoms with Gasteiger partial charge in [0.2, 0.25) is 5.82 Å². The van der Waals surface area contributed by atoms with Crippen LogP contribution in [-0.2, 0) is 24.0 Å². The average molecular weight is 499 g/mol. The average Bonchev–Trinajstić information content (AvgIpc) is 3.47. The summed E-state index contributed by atoms with van der Waals surface area (Å²) in [5, 5.41) is 5.64. The number of halogens is 3. The SMILES string of the molecule is FC(F)(F)c1nc(-c2cc3nc(CN4CCC(c5ccccn5)CC4)n(C[C@@H]4CCO4)c3cn2)n[nH]1. The number of nitrogens with one attached hydrogen (secondary N) is 1. The molecule has 2 aliphatic heterocycles. The Morgan fingerprint density at radius 3 is 2.58 bits per heavy atom. The highest BCUT2D eigenvalue weighted by Gasteiger charge is 2.35. The summed E-state index contributed by atoms with van der Waals surface area (Å²) in [6.45, 7) is 3.96. The van der Waals surface area contributed by atoms with Gasteiger partial charge < -0.3 is 9.30 Å². The first-order chi connectivity index (χ1) is 17.4. The fourth-order valence-electron chi connectivity index (χ4n) is 4.86. The molecule has 1 N–H and O–H groups in total. The molecule has 0 bridgehead atoms. The molecule has 4 aromatic heterocycles. The van der Waals surface area contributed by atoms with Gasteiger partial charge in [-0.25, -0.2) is 9.97 Å². The lowest BCUT2D eigenvalue weighted by Gasteiger charge is -2.32. The predicted octanol–water partition coefficient (Wildman–Crippen LogP) is 3.80. The lowest BCUT2D eigenvalue weighted by Crippen LogP contribution is -2.35. The molecule has 4 aromatic rings. The zero-order valence-electron chi connectivity index (χ0n) is 19.4. The second kappa shape index (κ2) is 9.25. The van der Waals surface area contributed by atoms with Crippen molar-refractivity contribution in [3.8, 4) is 11.5 Å². The number of alkyl halides is 3. The van der Waals surface area contributed by atoms with E-state index in [1.165, 1.54) is 0 Å². The van der Waals surface area contributed by atoms with Crippen LogP contribution in [0.1, 0.15) is 42.5 Å². The van der Waals surface area contributed by atoms with E-state index in [4.69, 9.17) is 9.72 Å². The molecular formula is C24H25F3N8O. The van der Waals surface area contributed by atoms with Gasteiger partial charge >= 0.3 is 6.18 Å². The van der Waals surface area contributed by atoms with Crippen LogP contribution in [0.5, 0.6) is 0 Å². The third-order valence-corrected chi connectivity index (χ3v) is 6.93. The predicted molar refractivity (Wildman–Crippen MR) is 124 cm³/mol. The van der Waals surface area contributed by atoms with E-state index in [2.05, 4.69) is 35.6 Å². The minimum absolute atomic E-state index is 0.112. The summed E-state index contributed by atoms with van der Waals surface area (Å²) in [6.07, 6.45) is 2.04.